The first-order valence-corrected chi connectivity index (χ1v) is 12.2. The quantitative estimate of drug-likeness (QED) is 0.425. The Balaban J connectivity index is 1.26. The number of halogens is 1. The van der Waals surface area contributed by atoms with Crippen molar-refractivity contribution in [1.29, 1.82) is 0 Å². The number of likely N-dealkylation sites (tertiary alicyclic amines) is 1. The zero-order valence-electron chi connectivity index (χ0n) is 21.1. The Morgan fingerprint density at radius 1 is 1.22 bits per heavy atom. The van der Waals surface area contributed by atoms with Crippen LogP contribution < -0.4 is 20.5 Å². The maximum Gasteiger partial charge on any atom is 0.244 e. The second-order valence-electron chi connectivity index (χ2n) is 9.52. The number of nitrogens with two attached hydrogens (primary N) is 1. The summed E-state index contributed by atoms with van der Waals surface area (Å²) >= 11 is 0. The zero-order chi connectivity index (χ0) is 26.4. The summed E-state index contributed by atoms with van der Waals surface area (Å²) in [7, 11) is 0. The number of carbonyl (C=O) groups is 2. The lowest BCUT2D eigenvalue weighted by Gasteiger charge is -2.40. The fourth-order valence-electron chi connectivity index (χ4n) is 4.32. The van der Waals surface area contributed by atoms with Gasteiger partial charge >= 0.3 is 0 Å². The van der Waals surface area contributed by atoms with Gasteiger partial charge in [0, 0.05) is 12.7 Å². The van der Waals surface area contributed by atoms with E-state index in [4.69, 9.17) is 15.2 Å². The lowest BCUT2D eigenvalue weighted by molar-refractivity contribution is -0.137. The molecule has 1 aliphatic rings. The molecule has 3 N–H and O–H groups in total. The zero-order valence-corrected chi connectivity index (χ0v) is 21.1. The standard InChI is InChI=1S/C27H32FN5O4/c1-19-8-9-24(22(29)14-19)37-27(2)11-5-12-32(18-27)26(35)17-33-16-20(15-30-33)31-25(34)10-13-36-23-7-4-3-6-21(23)28/h3-4,6-9,14-16H,5,10-13,17-18,29H2,1-2H3,(H,31,34). The summed E-state index contributed by atoms with van der Waals surface area (Å²) in [4.78, 5) is 27.0. The normalized spacial score (nSPS) is 17.3. The van der Waals surface area contributed by atoms with Crippen LogP contribution in [-0.4, -0.2) is 51.8 Å². The van der Waals surface area contributed by atoms with E-state index in [2.05, 4.69) is 10.4 Å². The van der Waals surface area contributed by atoms with Gasteiger partial charge in [-0.1, -0.05) is 18.2 Å². The van der Waals surface area contributed by atoms with E-state index in [9.17, 15) is 14.0 Å². The highest BCUT2D eigenvalue weighted by atomic mass is 19.1. The maximum atomic E-state index is 13.6. The van der Waals surface area contributed by atoms with Crippen molar-refractivity contribution in [3.05, 3.63) is 66.2 Å². The van der Waals surface area contributed by atoms with Crippen molar-refractivity contribution >= 4 is 23.2 Å². The van der Waals surface area contributed by atoms with Crippen molar-refractivity contribution in [3.8, 4) is 11.5 Å². The highest BCUT2D eigenvalue weighted by Crippen LogP contribution is 2.31. The second kappa shape index (κ2) is 11.3. The molecular formula is C27H32FN5O4. The maximum absolute atomic E-state index is 13.6. The number of nitrogens with zero attached hydrogens (tertiary/aromatic N) is 3. The van der Waals surface area contributed by atoms with Crippen molar-refractivity contribution in [3.63, 3.8) is 0 Å². The van der Waals surface area contributed by atoms with Crippen LogP contribution in [0.4, 0.5) is 15.8 Å². The molecule has 1 saturated heterocycles. The van der Waals surface area contributed by atoms with Crippen molar-refractivity contribution in [1.82, 2.24) is 14.7 Å². The number of piperidine rings is 1. The predicted molar refractivity (Wildman–Crippen MR) is 138 cm³/mol. The number of nitrogen functional groups attached to an aromatic ring is 1. The van der Waals surface area contributed by atoms with E-state index in [0.717, 1.165) is 18.4 Å². The average Bonchev–Trinajstić information content (AvgIpc) is 3.28. The minimum atomic E-state index is -0.550. The summed E-state index contributed by atoms with van der Waals surface area (Å²) < 4.78 is 26.6. The topological polar surface area (TPSA) is 112 Å². The minimum absolute atomic E-state index is 0.0312. The number of hydrogen-bond acceptors (Lipinski definition) is 6. The molecule has 0 saturated carbocycles. The van der Waals surface area contributed by atoms with E-state index >= 15 is 0 Å². The number of ether oxygens (including phenoxy) is 2. The minimum Gasteiger partial charge on any atom is -0.490 e. The van der Waals surface area contributed by atoms with Crippen LogP contribution in [0.3, 0.4) is 0 Å². The van der Waals surface area contributed by atoms with Gasteiger partial charge in [-0.3, -0.25) is 14.3 Å². The second-order valence-corrected chi connectivity index (χ2v) is 9.52. The molecule has 1 aromatic heterocycles. The molecule has 0 radical (unpaired) electrons. The largest absolute Gasteiger partial charge is 0.490 e. The molecule has 37 heavy (non-hydrogen) atoms. The monoisotopic (exact) mass is 509 g/mol. The molecule has 2 amide bonds. The van der Waals surface area contributed by atoms with Gasteiger partial charge < -0.3 is 25.4 Å². The number of anilines is 2. The van der Waals surface area contributed by atoms with Crippen LogP contribution >= 0.6 is 0 Å². The number of nitrogens with one attached hydrogen (secondary N) is 1. The Bertz CT molecular complexity index is 1260. The molecule has 0 spiro atoms. The SMILES string of the molecule is Cc1ccc(OC2(C)CCCN(C(=O)Cn3cc(NC(=O)CCOc4ccccc4F)cn3)C2)c(N)c1. The average molecular weight is 510 g/mol. The van der Waals surface area contributed by atoms with Gasteiger partial charge in [-0.25, -0.2) is 4.39 Å². The lowest BCUT2D eigenvalue weighted by atomic mass is 9.94. The third-order valence-corrected chi connectivity index (χ3v) is 6.17. The first-order chi connectivity index (χ1) is 17.7. The van der Waals surface area contributed by atoms with Gasteiger partial charge in [-0.2, -0.15) is 5.10 Å². The molecule has 196 valence electrons. The number of amides is 2. The van der Waals surface area contributed by atoms with Gasteiger partial charge in [0.2, 0.25) is 11.8 Å². The molecule has 1 atom stereocenters. The Labute approximate surface area is 215 Å². The first-order valence-electron chi connectivity index (χ1n) is 12.2. The Hall–Kier alpha value is -4.08. The highest BCUT2D eigenvalue weighted by molar-refractivity contribution is 5.90. The molecule has 0 bridgehead atoms. The van der Waals surface area contributed by atoms with Crippen LogP contribution in [0.25, 0.3) is 0 Å². The molecule has 2 heterocycles. The van der Waals surface area contributed by atoms with Crippen molar-refractivity contribution in [2.75, 3.05) is 30.7 Å². The summed E-state index contributed by atoms with van der Waals surface area (Å²) in [5.41, 5.74) is 7.67. The molecule has 9 nitrogen and oxygen atoms in total. The Morgan fingerprint density at radius 2 is 2.03 bits per heavy atom. The van der Waals surface area contributed by atoms with Gasteiger partial charge in [0.25, 0.3) is 0 Å². The van der Waals surface area contributed by atoms with Crippen LogP contribution in [0.15, 0.2) is 54.9 Å². The van der Waals surface area contributed by atoms with Gasteiger partial charge in [0.1, 0.15) is 17.9 Å². The summed E-state index contributed by atoms with van der Waals surface area (Å²) in [6, 6.07) is 11.7. The summed E-state index contributed by atoms with van der Waals surface area (Å²) in [6.07, 6.45) is 4.73. The molecule has 1 unspecified atom stereocenters. The van der Waals surface area contributed by atoms with E-state index in [-0.39, 0.29) is 37.1 Å². The number of hydrogen-bond donors (Lipinski definition) is 2. The van der Waals surface area contributed by atoms with Crippen LogP contribution in [0.2, 0.25) is 0 Å². The smallest absolute Gasteiger partial charge is 0.244 e. The number of para-hydroxylation sites is 1. The number of benzene rings is 2. The Morgan fingerprint density at radius 3 is 2.81 bits per heavy atom. The molecule has 2 aromatic carbocycles. The number of aromatic nitrogens is 2. The van der Waals surface area contributed by atoms with E-state index < -0.39 is 11.4 Å². The van der Waals surface area contributed by atoms with Crippen LogP contribution in [0.5, 0.6) is 11.5 Å². The first kappa shape index (κ1) is 26.0. The number of rotatable bonds is 9. The van der Waals surface area contributed by atoms with Gasteiger partial charge in [0.05, 0.1) is 37.1 Å². The fraction of sp³-hybridized carbons (Fsp3) is 0.370. The summed E-state index contributed by atoms with van der Waals surface area (Å²) in [5.74, 6) is -0.154. The molecular weight excluding hydrogens is 477 g/mol. The summed E-state index contributed by atoms with van der Waals surface area (Å²) in [6.45, 7) is 5.10. The number of carbonyl (C=O) groups excluding carboxylic acids is 2. The van der Waals surface area contributed by atoms with Crippen molar-refractivity contribution in [2.45, 2.75) is 45.3 Å². The van der Waals surface area contributed by atoms with E-state index in [0.29, 0.717) is 30.2 Å². The van der Waals surface area contributed by atoms with E-state index in [1.807, 2.05) is 32.0 Å². The van der Waals surface area contributed by atoms with Gasteiger partial charge in [-0.05, 0) is 56.5 Å². The third-order valence-electron chi connectivity index (χ3n) is 6.17. The molecule has 4 rings (SSSR count). The summed E-state index contributed by atoms with van der Waals surface area (Å²) in [5, 5.41) is 6.91. The Kier molecular flexibility index (Phi) is 7.95. The van der Waals surface area contributed by atoms with Crippen LogP contribution in [-0.2, 0) is 16.1 Å². The van der Waals surface area contributed by atoms with Crippen LogP contribution in [0.1, 0.15) is 31.7 Å². The molecule has 3 aromatic rings. The van der Waals surface area contributed by atoms with E-state index in [1.165, 1.54) is 23.0 Å². The van der Waals surface area contributed by atoms with Crippen LogP contribution in [0, 0.1) is 12.7 Å². The van der Waals surface area contributed by atoms with E-state index in [1.54, 1.807) is 23.2 Å². The van der Waals surface area contributed by atoms with Crippen molar-refractivity contribution < 1.29 is 23.5 Å². The lowest BCUT2D eigenvalue weighted by Crippen LogP contribution is -2.52. The number of aryl methyl sites for hydroxylation is 1. The molecule has 10 heteroatoms. The highest BCUT2D eigenvalue weighted by Gasteiger charge is 2.35. The van der Waals surface area contributed by atoms with Gasteiger partial charge in [-0.15, -0.1) is 0 Å². The van der Waals surface area contributed by atoms with Crippen molar-refractivity contribution in [2.24, 2.45) is 0 Å². The fourth-order valence-corrected chi connectivity index (χ4v) is 4.32. The molecule has 1 fully saturated rings. The molecule has 1 aliphatic heterocycles. The third kappa shape index (κ3) is 6.99. The molecule has 0 aliphatic carbocycles. The van der Waals surface area contributed by atoms with Gasteiger partial charge in [0.15, 0.2) is 11.6 Å². The predicted octanol–water partition coefficient (Wildman–Crippen LogP) is 3.78.